The van der Waals surface area contributed by atoms with Gasteiger partial charge < -0.3 is 10.6 Å². The Morgan fingerprint density at radius 1 is 1.47 bits per heavy atom. The summed E-state index contributed by atoms with van der Waals surface area (Å²) in [6.45, 7) is 0.869. The van der Waals surface area contributed by atoms with Crippen molar-refractivity contribution < 1.29 is 4.79 Å². The summed E-state index contributed by atoms with van der Waals surface area (Å²) >= 11 is 3.55. The van der Waals surface area contributed by atoms with E-state index in [2.05, 4.69) is 26.9 Å². The molecule has 0 spiro atoms. The van der Waals surface area contributed by atoms with Gasteiger partial charge in [-0.3, -0.25) is 4.79 Å². The smallest absolute Gasteiger partial charge is 0.249 e. The summed E-state index contributed by atoms with van der Waals surface area (Å²) in [5.41, 5.74) is 9.46. The molecule has 4 heteroatoms. The molecular weight excluding hydrogens is 280 g/mol. The van der Waals surface area contributed by atoms with Crippen LogP contribution in [0.25, 0.3) is 5.57 Å². The fourth-order valence-corrected chi connectivity index (χ4v) is 2.85. The molecule has 1 aliphatic carbocycles. The summed E-state index contributed by atoms with van der Waals surface area (Å²) in [7, 11) is 4.06. The lowest BCUT2D eigenvalue weighted by Gasteiger charge is -2.14. The molecule has 0 atom stereocenters. The van der Waals surface area contributed by atoms with Crippen LogP contribution in [0.4, 0.5) is 0 Å². The number of nitrogens with two attached hydrogens (primary N) is 1. The highest BCUT2D eigenvalue weighted by Gasteiger charge is 2.22. The summed E-state index contributed by atoms with van der Waals surface area (Å²) in [5, 5.41) is 0. The highest BCUT2D eigenvalue weighted by Crippen LogP contribution is 2.35. The predicted molar refractivity (Wildman–Crippen MR) is 72.9 cm³/mol. The molecule has 1 aliphatic rings. The average molecular weight is 295 g/mol. The molecule has 0 unspecified atom stereocenters. The molecule has 0 aliphatic heterocycles. The van der Waals surface area contributed by atoms with Crippen LogP contribution in [0.1, 0.15) is 21.5 Å². The van der Waals surface area contributed by atoms with Crippen molar-refractivity contribution in [1.82, 2.24) is 4.90 Å². The maximum Gasteiger partial charge on any atom is 0.249 e. The van der Waals surface area contributed by atoms with E-state index >= 15 is 0 Å². The number of hydrogen-bond acceptors (Lipinski definition) is 2. The molecule has 0 heterocycles. The molecule has 17 heavy (non-hydrogen) atoms. The summed E-state index contributed by atoms with van der Waals surface area (Å²) in [5.74, 6) is -0.353. The van der Waals surface area contributed by atoms with E-state index in [1.807, 2.05) is 20.2 Å². The zero-order chi connectivity index (χ0) is 12.6. The van der Waals surface area contributed by atoms with Gasteiger partial charge in [-0.2, -0.15) is 0 Å². The monoisotopic (exact) mass is 294 g/mol. The minimum atomic E-state index is -0.353. The molecule has 1 amide bonds. The Kier molecular flexibility index (Phi) is 3.35. The van der Waals surface area contributed by atoms with E-state index in [0.29, 0.717) is 5.56 Å². The molecule has 1 aromatic carbocycles. The number of halogens is 1. The first-order valence-electron chi connectivity index (χ1n) is 5.46. The number of likely N-dealkylation sites (N-methyl/N-ethyl adjacent to an activating group) is 1. The second-order valence-electron chi connectivity index (χ2n) is 4.48. The number of nitrogens with zero attached hydrogens (tertiary/aromatic N) is 1. The number of benzene rings is 1. The van der Waals surface area contributed by atoms with Crippen molar-refractivity contribution in [2.75, 3.05) is 20.6 Å². The van der Waals surface area contributed by atoms with Crippen LogP contribution in [-0.4, -0.2) is 31.4 Å². The first-order valence-corrected chi connectivity index (χ1v) is 6.25. The van der Waals surface area contributed by atoms with Crippen molar-refractivity contribution in [3.8, 4) is 0 Å². The van der Waals surface area contributed by atoms with Crippen LogP contribution >= 0.6 is 15.9 Å². The van der Waals surface area contributed by atoms with Crippen LogP contribution < -0.4 is 5.73 Å². The summed E-state index contributed by atoms with van der Waals surface area (Å²) in [4.78, 5) is 13.5. The standard InChI is InChI=1S/C13H15BrN2O/c1-16(2)7-8-3-4-9-10(13(15)17)5-6-11(14)12(8)9/h3,5-6H,4,7H2,1-2H3,(H2,15,17). The van der Waals surface area contributed by atoms with Crippen LogP contribution in [-0.2, 0) is 6.42 Å². The second kappa shape index (κ2) is 4.63. The van der Waals surface area contributed by atoms with Crippen LogP contribution in [0.15, 0.2) is 22.7 Å². The average Bonchev–Trinajstić information content (AvgIpc) is 2.62. The summed E-state index contributed by atoms with van der Waals surface area (Å²) in [6.07, 6.45) is 2.96. The van der Waals surface area contributed by atoms with Gasteiger partial charge >= 0.3 is 0 Å². The Labute approximate surface area is 109 Å². The lowest BCUT2D eigenvalue weighted by molar-refractivity contribution is 0.0999. The van der Waals surface area contributed by atoms with Crippen molar-refractivity contribution in [1.29, 1.82) is 0 Å². The number of amides is 1. The van der Waals surface area contributed by atoms with Crippen LogP contribution in [0.2, 0.25) is 0 Å². The van der Waals surface area contributed by atoms with Gasteiger partial charge in [0, 0.05) is 16.6 Å². The fourth-order valence-electron chi connectivity index (χ4n) is 2.22. The maximum atomic E-state index is 11.4. The third kappa shape index (κ3) is 2.28. The van der Waals surface area contributed by atoms with Crippen LogP contribution in [0.5, 0.6) is 0 Å². The molecule has 0 fully saturated rings. The van der Waals surface area contributed by atoms with Gasteiger partial charge in [0.1, 0.15) is 0 Å². The minimum absolute atomic E-state index is 0.353. The van der Waals surface area contributed by atoms with E-state index in [9.17, 15) is 4.79 Å². The number of allylic oxidation sites excluding steroid dienone is 1. The lowest BCUT2D eigenvalue weighted by atomic mass is 9.99. The molecule has 0 radical (unpaired) electrons. The largest absolute Gasteiger partial charge is 0.366 e. The van der Waals surface area contributed by atoms with Crippen molar-refractivity contribution in [2.45, 2.75) is 6.42 Å². The molecule has 2 N–H and O–H groups in total. The molecule has 2 rings (SSSR count). The van der Waals surface area contributed by atoms with Gasteiger partial charge in [0.05, 0.1) is 0 Å². The third-order valence-electron chi connectivity index (χ3n) is 2.89. The van der Waals surface area contributed by atoms with Gasteiger partial charge in [0.2, 0.25) is 5.91 Å². The fraction of sp³-hybridized carbons (Fsp3) is 0.308. The quantitative estimate of drug-likeness (QED) is 0.927. The molecule has 0 bridgehead atoms. The lowest BCUT2D eigenvalue weighted by Crippen LogP contribution is -2.16. The van der Waals surface area contributed by atoms with Gasteiger partial charge in [-0.25, -0.2) is 0 Å². The van der Waals surface area contributed by atoms with Crippen molar-refractivity contribution in [3.05, 3.63) is 39.4 Å². The number of rotatable bonds is 3. The molecule has 0 aromatic heterocycles. The van der Waals surface area contributed by atoms with Gasteiger partial charge in [-0.05, 0) is 49.3 Å². The molecular formula is C13H15BrN2O. The van der Waals surface area contributed by atoms with E-state index in [-0.39, 0.29) is 5.91 Å². The summed E-state index contributed by atoms with van der Waals surface area (Å²) in [6, 6.07) is 3.69. The Morgan fingerprint density at radius 2 is 2.18 bits per heavy atom. The highest BCUT2D eigenvalue weighted by molar-refractivity contribution is 9.10. The van der Waals surface area contributed by atoms with E-state index in [0.717, 1.165) is 28.6 Å². The number of fused-ring (bicyclic) bond motifs is 1. The highest BCUT2D eigenvalue weighted by atomic mass is 79.9. The van der Waals surface area contributed by atoms with E-state index in [1.165, 1.54) is 5.57 Å². The topological polar surface area (TPSA) is 46.3 Å². The number of carbonyl (C=O) groups is 1. The molecule has 3 nitrogen and oxygen atoms in total. The third-order valence-corrected chi connectivity index (χ3v) is 3.55. The SMILES string of the molecule is CN(C)CC1=CCc2c(C(N)=O)ccc(Br)c21. The van der Waals surface area contributed by atoms with E-state index in [1.54, 1.807) is 6.07 Å². The Balaban J connectivity index is 2.49. The first-order chi connectivity index (χ1) is 8.00. The van der Waals surface area contributed by atoms with E-state index < -0.39 is 0 Å². The van der Waals surface area contributed by atoms with Gasteiger partial charge in [0.15, 0.2) is 0 Å². The number of primary amides is 1. The van der Waals surface area contributed by atoms with Crippen molar-refractivity contribution in [3.63, 3.8) is 0 Å². The first kappa shape index (κ1) is 12.3. The van der Waals surface area contributed by atoms with Crippen molar-refractivity contribution in [2.24, 2.45) is 5.73 Å². The normalized spacial score (nSPS) is 13.8. The van der Waals surface area contributed by atoms with Gasteiger partial charge in [-0.15, -0.1) is 0 Å². The van der Waals surface area contributed by atoms with Crippen LogP contribution in [0, 0.1) is 0 Å². The molecule has 1 aromatic rings. The van der Waals surface area contributed by atoms with Crippen LogP contribution in [0.3, 0.4) is 0 Å². The Morgan fingerprint density at radius 3 is 2.76 bits per heavy atom. The zero-order valence-corrected chi connectivity index (χ0v) is 11.5. The summed E-state index contributed by atoms with van der Waals surface area (Å²) < 4.78 is 1.03. The predicted octanol–water partition coefficient (Wildman–Crippen LogP) is 2.05. The molecule has 90 valence electrons. The van der Waals surface area contributed by atoms with Gasteiger partial charge in [0.25, 0.3) is 0 Å². The molecule has 0 saturated carbocycles. The maximum absolute atomic E-state index is 11.4. The minimum Gasteiger partial charge on any atom is -0.366 e. The van der Waals surface area contributed by atoms with E-state index in [4.69, 9.17) is 5.73 Å². The number of hydrogen-bond donors (Lipinski definition) is 1. The number of carbonyl (C=O) groups excluding carboxylic acids is 1. The molecule has 0 saturated heterocycles. The van der Waals surface area contributed by atoms with Crippen molar-refractivity contribution >= 4 is 27.4 Å². The zero-order valence-electron chi connectivity index (χ0n) is 9.96. The Bertz CT molecular complexity index is 506. The Hall–Kier alpha value is -1.13. The van der Waals surface area contributed by atoms with Gasteiger partial charge in [-0.1, -0.05) is 22.0 Å². The second-order valence-corrected chi connectivity index (χ2v) is 5.34.